The second-order valence-corrected chi connectivity index (χ2v) is 12.4. The summed E-state index contributed by atoms with van der Waals surface area (Å²) in [6.45, 7) is 4.48. The molecule has 3 aromatic rings. The molecule has 2 aromatic carbocycles. The summed E-state index contributed by atoms with van der Waals surface area (Å²) in [5.41, 5.74) is 3.92. The molecule has 9 nitrogen and oxygen atoms in total. The Morgan fingerprint density at radius 2 is 1.81 bits per heavy atom. The molecular weight excluding hydrogens is 550 g/mol. The van der Waals surface area contributed by atoms with E-state index in [4.69, 9.17) is 0 Å². The predicted octanol–water partition coefficient (Wildman–Crippen LogP) is 5.18. The molecule has 0 saturated carbocycles. The van der Waals surface area contributed by atoms with Gasteiger partial charge in [-0.25, -0.2) is 13.2 Å². The lowest BCUT2D eigenvalue weighted by Gasteiger charge is -2.18. The molecule has 0 radical (unpaired) electrons. The number of carbonyl (C=O) groups is 1. The number of hydrogen-bond acceptors (Lipinski definition) is 6. The highest BCUT2D eigenvalue weighted by Crippen LogP contribution is 2.31. The summed E-state index contributed by atoms with van der Waals surface area (Å²) >= 11 is 0. The maximum absolute atomic E-state index is 13.1. The number of benzene rings is 2. The van der Waals surface area contributed by atoms with Crippen molar-refractivity contribution in [3.05, 3.63) is 83.7 Å². The minimum atomic E-state index is -3.78. The Labute approximate surface area is 249 Å². The summed E-state index contributed by atoms with van der Waals surface area (Å²) in [7, 11) is -3.78. The van der Waals surface area contributed by atoms with Crippen molar-refractivity contribution in [2.24, 2.45) is 0 Å². The van der Waals surface area contributed by atoms with E-state index in [9.17, 15) is 18.3 Å². The van der Waals surface area contributed by atoms with Crippen LogP contribution in [-0.4, -0.2) is 50.7 Å². The van der Waals surface area contributed by atoms with Gasteiger partial charge in [-0.1, -0.05) is 57.2 Å². The van der Waals surface area contributed by atoms with Gasteiger partial charge in [0.15, 0.2) is 0 Å². The Morgan fingerprint density at radius 3 is 2.57 bits per heavy atom. The van der Waals surface area contributed by atoms with Crippen LogP contribution in [0.25, 0.3) is 0 Å². The molecule has 0 saturated heterocycles. The highest BCUT2D eigenvalue weighted by Gasteiger charge is 2.26. The number of anilines is 2. The number of aliphatic hydroxyl groups is 1. The molecule has 10 heteroatoms. The molecule has 0 fully saturated rings. The van der Waals surface area contributed by atoms with Crippen LogP contribution in [0.15, 0.2) is 71.9 Å². The molecule has 0 unspecified atom stereocenters. The van der Waals surface area contributed by atoms with Crippen LogP contribution in [0.3, 0.4) is 0 Å². The first-order valence-corrected chi connectivity index (χ1v) is 16.4. The standard InChI is InChI=1S/C32H43N5O4S/c1-2-3-4-5-6-7-19-35-32(39)37-21-17-26-22-29(14-15-30(26)37)42(40,41)36-28-12-10-25(11-13-28)16-20-34-24-31(38)27-9-8-18-33-23-27/h8-15,18,22-23,31,34,36,38H,2-7,16-17,19-21,24H2,1H3,(H,35,39)/t31-/m0/s1. The molecule has 1 atom stereocenters. The molecule has 2 heterocycles. The lowest BCUT2D eigenvalue weighted by molar-refractivity contribution is 0.174. The van der Waals surface area contributed by atoms with E-state index in [2.05, 4.69) is 27.3 Å². The average Bonchev–Trinajstić information content (AvgIpc) is 3.43. The van der Waals surface area contributed by atoms with Gasteiger partial charge in [-0.3, -0.25) is 14.6 Å². The van der Waals surface area contributed by atoms with Crippen molar-refractivity contribution < 1.29 is 18.3 Å². The fourth-order valence-electron chi connectivity index (χ4n) is 5.07. The first kappa shape index (κ1) is 31.5. The Kier molecular flexibility index (Phi) is 11.7. The van der Waals surface area contributed by atoms with Crippen LogP contribution >= 0.6 is 0 Å². The number of nitrogens with one attached hydrogen (secondary N) is 3. The van der Waals surface area contributed by atoms with Gasteiger partial charge in [0.05, 0.1) is 11.0 Å². The van der Waals surface area contributed by atoms with Crippen LogP contribution in [0, 0.1) is 0 Å². The SMILES string of the molecule is CCCCCCCCNC(=O)N1CCc2cc(S(=O)(=O)Nc3ccc(CCNC[C@H](O)c4cccnc4)cc3)ccc21. The summed E-state index contributed by atoms with van der Waals surface area (Å²) in [6, 6.07) is 15.7. The van der Waals surface area contributed by atoms with Crippen LogP contribution in [0.5, 0.6) is 0 Å². The minimum absolute atomic E-state index is 0.129. The van der Waals surface area contributed by atoms with Gasteiger partial charge >= 0.3 is 6.03 Å². The van der Waals surface area contributed by atoms with E-state index in [1.54, 1.807) is 53.7 Å². The summed E-state index contributed by atoms with van der Waals surface area (Å²) in [5, 5.41) is 16.5. The molecule has 2 amide bonds. The molecule has 0 bridgehead atoms. The van der Waals surface area contributed by atoms with Gasteiger partial charge in [0.1, 0.15) is 0 Å². The molecule has 4 N–H and O–H groups in total. The van der Waals surface area contributed by atoms with E-state index < -0.39 is 16.1 Å². The third kappa shape index (κ3) is 9.01. The topological polar surface area (TPSA) is 124 Å². The zero-order chi connectivity index (χ0) is 29.8. The van der Waals surface area contributed by atoms with Crippen molar-refractivity contribution >= 4 is 27.4 Å². The van der Waals surface area contributed by atoms with Gasteiger partial charge in [0, 0.05) is 49.0 Å². The van der Waals surface area contributed by atoms with E-state index in [1.807, 2.05) is 18.2 Å². The predicted molar refractivity (Wildman–Crippen MR) is 167 cm³/mol. The molecule has 0 spiro atoms. The Bertz CT molecular complexity index is 1380. The smallest absolute Gasteiger partial charge is 0.321 e. The van der Waals surface area contributed by atoms with Gasteiger partial charge in [-0.2, -0.15) is 0 Å². The number of pyridine rings is 1. The molecule has 42 heavy (non-hydrogen) atoms. The number of amides is 2. The second-order valence-electron chi connectivity index (χ2n) is 10.8. The highest BCUT2D eigenvalue weighted by molar-refractivity contribution is 7.92. The van der Waals surface area contributed by atoms with Gasteiger partial charge < -0.3 is 15.7 Å². The first-order valence-electron chi connectivity index (χ1n) is 15.0. The number of aliphatic hydroxyl groups excluding tert-OH is 1. The summed E-state index contributed by atoms with van der Waals surface area (Å²) in [5.74, 6) is 0. The van der Waals surface area contributed by atoms with Crippen molar-refractivity contribution in [3.63, 3.8) is 0 Å². The van der Waals surface area contributed by atoms with E-state index in [-0.39, 0.29) is 10.9 Å². The Hall–Kier alpha value is -3.47. The van der Waals surface area contributed by atoms with Crippen molar-refractivity contribution in [2.75, 3.05) is 35.8 Å². The Morgan fingerprint density at radius 1 is 1.02 bits per heavy atom. The van der Waals surface area contributed by atoms with Crippen molar-refractivity contribution in [3.8, 4) is 0 Å². The third-order valence-corrected chi connectivity index (χ3v) is 8.89. The molecule has 4 rings (SSSR count). The number of aromatic nitrogens is 1. The number of sulfonamides is 1. The largest absolute Gasteiger partial charge is 0.387 e. The number of urea groups is 1. The third-order valence-electron chi connectivity index (χ3n) is 7.51. The van der Waals surface area contributed by atoms with Crippen LogP contribution in [0.2, 0.25) is 0 Å². The van der Waals surface area contributed by atoms with Crippen molar-refractivity contribution in [1.29, 1.82) is 0 Å². The summed E-state index contributed by atoms with van der Waals surface area (Å²) < 4.78 is 28.9. The Balaban J connectivity index is 1.23. The molecule has 0 aliphatic carbocycles. The van der Waals surface area contributed by atoms with Crippen molar-refractivity contribution in [2.45, 2.75) is 69.3 Å². The lowest BCUT2D eigenvalue weighted by Crippen LogP contribution is -2.39. The maximum Gasteiger partial charge on any atom is 0.321 e. The molecule has 1 aliphatic rings. The fourth-order valence-corrected chi connectivity index (χ4v) is 6.18. The van der Waals surface area contributed by atoms with E-state index in [1.165, 1.54) is 25.7 Å². The van der Waals surface area contributed by atoms with Crippen LogP contribution < -0.4 is 20.3 Å². The molecule has 1 aliphatic heterocycles. The molecule has 1 aromatic heterocycles. The summed E-state index contributed by atoms with van der Waals surface area (Å²) in [4.78, 5) is 18.6. The van der Waals surface area contributed by atoms with Crippen LogP contribution in [0.1, 0.15) is 68.2 Å². The second kappa shape index (κ2) is 15.7. The van der Waals surface area contributed by atoms with Crippen molar-refractivity contribution in [1.82, 2.24) is 15.6 Å². The number of carbonyl (C=O) groups excluding carboxylic acids is 1. The van der Waals surface area contributed by atoms with Gasteiger partial charge in [-0.15, -0.1) is 0 Å². The minimum Gasteiger partial charge on any atom is -0.387 e. The molecule has 226 valence electrons. The van der Waals surface area contributed by atoms with E-state index >= 15 is 0 Å². The van der Waals surface area contributed by atoms with Crippen LogP contribution in [-0.2, 0) is 22.9 Å². The normalized spacial score (nSPS) is 13.5. The lowest BCUT2D eigenvalue weighted by atomic mass is 10.1. The number of unbranched alkanes of at least 4 members (excludes halogenated alkanes) is 5. The van der Waals surface area contributed by atoms with E-state index in [0.717, 1.165) is 41.6 Å². The fraction of sp³-hybridized carbons (Fsp3) is 0.438. The average molecular weight is 594 g/mol. The number of fused-ring (bicyclic) bond motifs is 1. The van der Waals surface area contributed by atoms with Gasteiger partial charge in [0.2, 0.25) is 0 Å². The van der Waals surface area contributed by atoms with Gasteiger partial charge in [0.25, 0.3) is 10.0 Å². The quantitative estimate of drug-likeness (QED) is 0.170. The highest BCUT2D eigenvalue weighted by atomic mass is 32.2. The monoisotopic (exact) mass is 593 g/mol. The number of hydrogen-bond donors (Lipinski definition) is 4. The zero-order valence-electron chi connectivity index (χ0n) is 24.4. The van der Waals surface area contributed by atoms with Crippen LogP contribution in [0.4, 0.5) is 16.2 Å². The number of nitrogens with zero attached hydrogens (tertiary/aromatic N) is 2. The zero-order valence-corrected chi connectivity index (χ0v) is 25.2. The number of rotatable bonds is 16. The van der Waals surface area contributed by atoms with Gasteiger partial charge in [-0.05, 0) is 73.3 Å². The van der Waals surface area contributed by atoms with E-state index in [0.29, 0.717) is 38.3 Å². The molecular formula is C32H43N5O4S. The first-order chi connectivity index (χ1) is 20.4. The maximum atomic E-state index is 13.1. The summed E-state index contributed by atoms with van der Waals surface area (Å²) in [6.07, 6.45) is 11.1.